The molecule has 0 aliphatic rings. The van der Waals surface area contributed by atoms with Gasteiger partial charge in [-0.3, -0.25) is 0 Å². The van der Waals surface area contributed by atoms with Crippen molar-refractivity contribution in [3.63, 3.8) is 0 Å². The molecule has 2 aromatic rings. The van der Waals surface area contributed by atoms with Gasteiger partial charge in [-0.2, -0.15) is 23.5 Å². The molecule has 1 heterocycles. The number of nitrogens with two attached hydrogens (primary N) is 1. The lowest BCUT2D eigenvalue weighted by Gasteiger charge is -2.12. The molecular formula is C12H7Cl2F3N4. The third-order valence-corrected chi connectivity index (χ3v) is 3.20. The van der Waals surface area contributed by atoms with Gasteiger partial charge in [0.1, 0.15) is 23.1 Å². The molecule has 0 atom stereocenters. The fraction of sp³-hybridized carbons (Fsp3) is 0.167. The zero-order valence-electron chi connectivity index (χ0n) is 10.2. The number of benzene rings is 1. The van der Waals surface area contributed by atoms with Crippen molar-refractivity contribution in [3.05, 3.63) is 39.5 Å². The smallest absolute Gasteiger partial charge is 0.382 e. The summed E-state index contributed by atoms with van der Waals surface area (Å²) in [6.45, 7) is 0. The molecule has 0 fully saturated rings. The molecule has 0 unspecified atom stereocenters. The van der Waals surface area contributed by atoms with Crippen LogP contribution in [-0.4, -0.2) is 16.0 Å². The van der Waals surface area contributed by atoms with Crippen molar-refractivity contribution < 1.29 is 13.2 Å². The van der Waals surface area contributed by atoms with Crippen LogP contribution in [0.3, 0.4) is 0 Å². The van der Waals surface area contributed by atoms with Gasteiger partial charge >= 0.3 is 6.18 Å². The summed E-state index contributed by atoms with van der Waals surface area (Å²) in [7, 11) is 0. The predicted octanol–water partition coefficient (Wildman–Crippen LogP) is 3.74. The first kappa shape index (κ1) is 15.5. The molecule has 0 radical (unpaired) electrons. The zero-order valence-corrected chi connectivity index (χ0v) is 11.8. The summed E-state index contributed by atoms with van der Waals surface area (Å²) < 4.78 is 38.3. The molecule has 0 amide bonds. The van der Waals surface area contributed by atoms with E-state index in [1.807, 2.05) is 6.07 Å². The lowest BCUT2D eigenvalue weighted by atomic mass is 10.1. The Hall–Kier alpha value is -1.91. The van der Waals surface area contributed by atoms with E-state index in [-0.39, 0.29) is 32.7 Å². The van der Waals surface area contributed by atoms with Gasteiger partial charge in [-0.05, 0) is 17.7 Å². The predicted molar refractivity (Wildman–Crippen MR) is 72.5 cm³/mol. The van der Waals surface area contributed by atoms with Crippen molar-refractivity contribution in [2.75, 3.05) is 5.73 Å². The van der Waals surface area contributed by atoms with Gasteiger partial charge in [0.2, 0.25) is 0 Å². The van der Waals surface area contributed by atoms with Crippen LogP contribution in [0.25, 0.3) is 5.69 Å². The molecule has 0 saturated heterocycles. The molecule has 0 aliphatic heterocycles. The average Bonchev–Trinajstić information content (AvgIpc) is 2.68. The van der Waals surface area contributed by atoms with Gasteiger partial charge in [-0.25, -0.2) is 4.68 Å². The number of anilines is 1. The van der Waals surface area contributed by atoms with Crippen molar-refractivity contribution in [1.82, 2.24) is 9.78 Å². The summed E-state index contributed by atoms with van der Waals surface area (Å²) in [5.41, 5.74) is 5.87. The molecule has 9 heteroatoms. The van der Waals surface area contributed by atoms with Gasteiger partial charge in [0.25, 0.3) is 0 Å². The monoisotopic (exact) mass is 334 g/mol. The Bertz CT molecular complexity index is 708. The average molecular weight is 335 g/mol. The van der Waals surface area contributed by atoms with Crippen molar-refractivity contribution in [1.29, 1.82) is 5.26 Å². The first-order valence-electron chi connectivity index (χ1n) is 5.51. The normalized spacial score (nSPS) is 11.4. The highest BCUT2D eigenvalue weighted by atomic mass is 35.5. The van der Waals surface area contributed by atoms with Crippen molar-refractivity contribution in [3.8, 4) is 11.8 Å². The maximum atomic E-state index is 12.4. The maximum absolute atomic E-state index is 12.4. The minimum atomic E-state index is -4.37. The SMILES string of the molecule is N#Cc1cnn(-c2c(Cl)cc(CC(F)(F)F)cc2Cl)c1N. The lowest BCUT2D eigenvalue weighted by Crippen LogP contribution is -2.12. The second-order valence-electron chi connectivity index (χ2n) is 4.17. The Labute approximate surface area is 127 Å². The molecular weight excluding hydrogens is 328 g/mol. The molecule has 1 aromatic carbocycles. The third kappa shape index (κ3) is 3.23. The second-order valence-corrected chi connectivity index (χ2v) is 4.98. The van der Waals surface area contributed by atoms with Gasteiger partial charge in [-0.15, -0.1) is 0 Å². The highest BCUT2D eigenvalue weighted by molar-refractivity contribution is 6.37. The highest BCUT2D eigenvalue weighted by Crippen LogP contribution is 2.34. The number of rotatable bonds is 2. The molecule has 0 aliphatic carbocycles. The maximum Gasteiger partial charge on any atom is 0.393 e. The fourth-order valence-electron chi connectivity index (χ4n) is 1.78. The molecule has 4 nitrogen and oxygen atoms in total. The Kier molecular flexibility index (Phi) is 4.03. The number of halogens is 5. The summed E-state index contributed by atoms with van der Waals surface area (Å²) in [5, 5.41) is 12.6. The first-order chi connectivity index (χ1) is 9.73. The van der Waals surface area contributed by atoms with E-state index < -0.39 is 12.6 Å². The third-order valence-electron chi connectivity index (χ3n) is 2.62. The molecule has 0 spiro atoms. The zero-order chi connectivity index (χ0) is 15.8. The van der Waals surface area contributed by atoms with E-state index in [9.17, 15) is 13.2 Å². The van der Waals surface area contributed by atoms with Gasteiger partial charge in [0, 0.05) is 0 Å². The van der Waals surface area contributed by atoms with Crippen LogP contribution in [0.2, 0.25) is 10.0 Å². The summed E-state index contributed by atoms with van der Waals surface area (Å²) in [6.07, 6.45) is -4.30. The number of hydrogen-bond donors (Lipinski definition) is 1. The Morgan fingerprint density at radius 1 is 1.29 bits per heavy atom. The van der Waals surface area contributed by atoms with Crippen molar-refractivity contribution in [2.24, 2.45) is 0 Å². The van der Waals surface area contributed by atoms with Crippen LogP contribution in [0.1, 0.15) is 11.1 Å². The Balaban J connectivity index is 2.51. The molecule has 2 rings (SSSR count). The van der Waals surface area contributed by atoms with Gasteiger partial charge in [0.05, 0.1) is 22.7 Å². The highest BCUT2D eigenvalue weighted by Gasteiger charge is 2.28. The number of nitriles is 1. The number of hydrogen-bond acceptors (Lipinski definition) is 3. The quantitative estimate of drug-likeness (QED) is 0.909. The van der Waals surface area contributed by atoms with Crippen LogP contribution < -0.4 is 5.73 Å². The Morgan fingerprint density at radius 2 is 1.86 bits per heavy atom. The lowest BCUT2D eigenvalue weighted by molar-refractivity contribution is -0.127. The van der Waals surface area contributed by atoms with Crippen LogP contribution in [0.4, 0.5) is 19.0 Å². The van der Waals surface area contributed by atoms with Crippen LogP contribution in [-0.2, 0) is 6.42 Å². The number of alkyl halides is 3. The van der Waals surface area contributed by atoms with Crippen LogP contribution in [0, 0.1) is 11.3 Å². The van der Waals surface area contributed by atoms with E-state index in [0.29, 0.717) is 0 Å². The largest absolute Gasteiger partial charge is 0.393 e. The van der Waals surface area contributed by atoms with E-state index in [1.165, 1.54) is 6.20 Å². The van der Waals surface area contributed by atoms with Gasteiger partial charge in [-0.1, -0.05) is 23.2 Å². The van der Waals surface area contributed by atoms with Crippen LogP contribution >= 0.6 is 23.2 Å². The van der Waals surface area contributed by atoms with Crippen molar-refractivity contribution in [2.45, 2.75) is 12.6 Å². The van der Waals surface area contributed by atoms with Gasteiger partial charge in [0.15, 0.2) is 0 Å². The summed E-state index contributed by atoms with van der Waals surface area (Å²) >= 11 is 11.9. The number of nitrogen functional groups attached to an aromatic ring is 1. The fourth-order valence-corrected chi connectivity index (χ4v) is 2.47. The molecule has 110 valence electrons. The van der Waals surface area contributed by atoms with E-state index in [4.69, 9.17) is 34.2 Å². The minimum Gasteiger partial charge on any atom is -0.382 e. The van der Waals surface area contributed by atoms with Crippen LogP contribution in [0.15, 0.2) is 18.3 Å². The molecule has 2 N–H and O–H groups in total. The van der Waals surface area contributed by atoms with Gasteiger partial charge < -0.3 is 5.73 Å². The summed E-state index contributed by atoms with van der Waals surface area (Å²) in [5.74, 6) is 0.00451. The molecule has 1 aromatic heterocycles. The molecule has 0 bridgehead atoms. The number of aromatic nitrogens is 2. The van der Waals surface area contributed by atoms with E-state index in [1.54, 1.807) is 0 Å². The van der Waals surface area contributed by atoms with E-state index >= 15 is 0 Å². The van der Waals surface area contributed by atoms with Crippen LogP contribution in [0.5, 0.6) is 0 Å². The van der Waals surface area contributed by atoms with E-state index in [0.717, 1.165) is 16.8 Å². The number of nitrogens with zero attached hydrogens (tertiary/aromatic N) is 3. The van der Waals surface area contributed by atoms with Crippen molar-refractivity contribution >= 4 is 29.0 Å². The first-order valence-corrected chi connectivity index (χ1v) is 6.27. The molecule has 21 heavy (non-hydrogen) atoms. The minimum absolute atomic E-state index is 0.00451. The summed E-state index contributed by atoms with van der Waals surface area (Å²) in [6, 6.07) is 4.11. The Morgan fingerprint density at radius 3 is 2.29 bits per heavy atom. The standard InChI is InChI=1S/C12H7Cl2F3N4/c13-8-1-6(3-12(15,16)17)2-9(14)10(8)21-11(19)7(4-18)5-20-21/h1-2,5H,3,19H2. The van der Waals surface area contributed by atoms with E-state index in [2.05, 4.69) is 5.10 Å². The topological polar surface area (TPSA) is 67.6 Å². The second kappa shape index (κ2) is 5.47. The summed E-state index contributed by atoms with van der Waals surface area (Å²) in [4.78, 5) is 0. The molecule has 0 saturated carbocycles.